The number of hydrogen-bond acceptors (Lipinski definition) is 3. The number of halogens is 3. The summed E-state index contributed by atoms with van der Waals surface area (Å²) in [5, 5.41) is 8.95. The Bertz CT molecular complexity index is 871. The van der Waals surface area contributed by atoms with Crippen LogP contribution in [0.2, 0.25) is 0 Å². The summed E-state index contributed by atoms with van der Waals surface area (Å²) in [7, 11) is 2.17. The summed E-state index contributed by atoms with van der Waals surface area (Å²) < 4.78 is 46.2. The van der Waals surface area contributed by atoms with E-state index >= 15 is 0 Å². The van der Waals surface area contributed by atoms with Crippen LogP contribution in [-0.4, -0.2) is 51.4 Å². The van der Waals surface area contributed by atoms with Crippen molar-refractivity contribution in [2.45, 2.75) is 12.6 Å². The van der Waals surface area contributed by atoms with Gasteiger partial charge in [0.05, 0.1) is 31.5 Å². The predicted molar refractivity (Wildman–Crippen MR) is 102 cm³/mol. The molecule has 1 aliphatic heterocycles. The van der Waals surface area contributed by atoms with E-state index in [4.69, 9.17) is 10.00 Å². The molecule has 0 radical (unpaired) electrons. The van der Waals surface area contributed by atoms with E-state index in [1.54, 1.807) is 18.2 Å². The number of quaternary nitrogens is 2. The van der Waals surface area contributed by atoms with Crippen molar-refractivity contribution in [2.75, 3.05) is 46.4 Å². The highest BCUT2D eigenvalue weighted by Gasteiger charge is 2.35. The van der Waals surface area contributed by atoms with Gasteiger partial charge in [-0.25, -0.2) is 4.98 Å². The number of hydrogen-bond donors (Lipinski definition) is 2. The summed E-state index contributed by atoms with van der Waals surface area (Å²) in [5.74, 6) is -0.171. The second-order valence-corrected chi connectivity index (χ2v) is 7.39. The van der Waals surface area contributed by atoms with Gasteiger partial charge in [0.25, 0.3) is 0 Å². The van der Waals surface area contributed by atoms with Crippen LogP contribution in [0.5, 0.6) is 5.75 Å². The van der Waals surface area contributed by atoms with Crippen molar-refractivity contribution in [3.63, 3.8) is 0 Å². The van der Waals surface area contributed by atoms with Crippen molar-refractivity contribution < 1.29 is 27.7 Å². The van der Waals surface area contributed by atoms with Crippen molar-refractivity contribution >= 4 is 0 Å². The first-order valence-electron chi connectivity index (χ1n) is 9.73. The van der Waals surface area contributed by atoms with Gasteiger partial charge < -0.3 is 14.5 Å². The molecular weight excluding hydrogens is 381 g/mol. The number of pyridine rings is 1. The molecule has 0 saturated carbocycles. The Balaban J connectivity index is 1.67. The fraction of sp³-hybridized carbons (Fsp3) is 0.429. The molecular formula is C21H25F3N4O+2. The van der Waals surface area contributed by atoms with Gasteiger partial charge in [0.2, 0.25) is 0 Å². The molecule has 0 atom stereocenters. The van der Waals surface area contributed by atoms with Gasteiger partial charge >= 0.3 is 6.18 Å². The third kappa shape index (κ3) is 5.68. The van der Waals surface area contributed by atoms with E-state index in [0.717, 1.165) is 38.8 Å². The maximum Gasteiger partial charge on any atom is 0.419 e. The summed E-state index contributed by atoms with van der Waals surface area (Å²) in [6, 6.07) is 10.5. The molecule has 1 aromatic carbocycles. The number of piperazine rings is 1. The van der Waals surface area contributed by atoms with E-state index in [9.17, 15) is 13.2 Å². The monoisotopic (exact) mass is 406 g/mol. The van der Waals surface area contributed by atoms with E-state index in [-0.39, 0.29) is 18.1 Å². The van der Waals surface area contributed by atoms with Crippen LogP contribution in [0.3, 0.4) is 0 Å². The number of aromatic nitrogens is 1. The highest BCUT2D eigenvalue weighted by Crippen LogP contribution is 2.38. The van der Waals surface area contributed by atoms with Crippen molar-refractivity contribution in [2.24, 2.45) is 0 Å². The second-order valence-electron chi connectivity index (χ2n) is 7.39. The zero-order chi connectivity index (χ0) is 20.9. The standard InChI is InChI=1S/C21H23F3N4O/c1-27-9-11-28(12-10-27)8-3-13-29-20-7-6-16(14-18(20)21(22,23)24)19-5-2-4-17(15-25)26-19/h2,4-7,14H,3,8-13H2,1H3/p+2. The summed E-state index contributed by atoms with van der Waals surface area (Å²) in [5.41, 5.74) is -0.0489. The molecule has 3 rings (SSSR count). The normalized spacial score (nSPS) is 19.6. The quantitative estimate of drug-likeness (QED) is 0.699. The van der Waals surface area contributed by atoms with Crippen LogP contribution in [0.4, 0.5) is 13.2 Å². The molecule has 1 fully saturated rings. The smallest absolute Gasteiger partial charge is 0.419 e. The molecule has 0 spiro atoms. The molecule has 0 unspecified atom stereocenters. The van der Waals surface area contributed by atoms with Gasteiger partial charge in [-0.1, -0.05) is 6.07 Å². The third-order valence-corrected chi connectivity index (χ3v) is 5.19. The number of alkyl halides is 3. The molecule has 2 aromatic rings. The lowest BCUT2D eigenvalue weighted by Crippen LogP contribution is -3.27. The zero-order valence-electron chi connectivity index (χ0n) is 16.4. The summed E-state index contributed by atoms with van der Waals surface area (Å²) in [6.45, 7) is 5.56. The average molecular weight is 406 g/mol. The minimum Gasteiger partial charge on any atom is -0.493 e. The maximum absolute atomic E-state index is 13.6. The zero-order valence-corrected chi connectivity index (χ0v) is 16.4. The van der Waals surface area contributed by atoms with Crippen LogP contribution in [0, 0.1) is 11.3 Å². The lowest BCUT2D eigenvalue weighted by Gasteiger charge is -2.27. The van der Waals surface area contributed by atoms with Gasteiger partial charge in [-0.2, -0.15) is 18.4 Å². The van der Waals surface area contributed by atoms with Gasteiger partial charge in [0.15, 0.2) is 0 Å². The van der Waals surface area contributed by atoms with Crippen molar-refractivity contribution in [1.29, 1.82) is 5.26 Å². The first-order chi connectivity index (χ1) is 13.9. The summed E-state index contributed by atoms with van der Waals surface area (Å²) in [6.07, 6.45) is -3.83. The van der Waals surface area contributed by atoms with E-state index in [2.05, 4.69) is 12.0 Å². The molecule has 1 saturated heterocycles. The van der Waals surface area contributed by atoms with E-state index in [0.29, 0.717) is 17.7 Å². The Morgan fingerprint density at radius 1 is 1.14 bits per heavy atom. The predicted octanol–water partition coefficient (Wildman–Crippen LogP) is 0.821. The van der Waals surface area contributed by atoms with Gasteiger partial charge in [-0.15, -0.1) is 0 Å². The Labute approximate surface area is 168 Å². The van der Waals surface area contributed by atoms with Crippen LogP contribution in [0.15, 0.2) is 36.4 Å². The highest BCUT2D eigenvalue weighted by atomic mass is 19.4. The number of ether oxygens (including phenoxy) is 1. The fourth-order valence-corrected chi connectivity index (χ4v) is 3.48. The van der Waals surface area contributed by atoms with Gasteiger partial charge in [0.1, 0.15) is 43.7 Å². The SMILES string of the molecule is C[NH+]1CC[NH+](CCCOc2ccc(-c3cccc(C#N)n3)cc2C(F)(F)F)CC1. The molecule has 1 aromatic heterocycles. The average Bonchev–Trinajstić information content (AvgIpc) is 2.72. The number of benzene rings is 1. The van der Waals surface area contributed by atoms with E-state index < -0.39 is 11.7 Å². The number of nitrogens with one attached hydrogen (secondary N) is 2. The third-order valence-electron chi connectivity index (χ3n) is 5.19. The number of nitrogens with zero attached hydrogens (tertiary/aromatic N) is 2. The molecule has 5 nitrogen and oxygen atoms in total. The summed E-state index contributed by atoms with van der Waals surface area (Å²) in [4.78, 5) is 7.08. The van der Waals surface area contributed by atoms with Crippen molar-refractivity contribution in [3.8, 4) is 23.1 Å². The van der Waals surface area contributed by atoms with Crippen molar-refractivity contribution in [1.82, 2.24) is 4.98 Å². The molecule has 0 amide bonds. The van der Waals surface area contributed by atoms with Crippen LogP contribution in [-0.2, 0) is 6.18 Å². The maximum atomic E-state index is 13.6. The first-order valence-corrected chi connectivity index (χ1v) is 9.73. The number of nitriles is 1. The lowest BCUT2D eigenvalue weighted by molar-refractivity contribution is -1.00. The molecule has 8 heteroatoms. The van der Waals surface area contributed by atoms with E-state index in [1.165, 1.54) is 21.9 Å². The van der Waals surface area contributed by atoms with Crippen LogP contribution in [0.1, 0.15) is 17.7 Å². The first kappa shape index (κ1) is 21.1. The molecule has 29 heavy (non-hydrogen) atoms. The topological polar surface area (TPSA) is 54.8 Å². The molecule has 154 valence electrons. The molecule has 0 bridgehead atoms. The molecule has 2 N–H and O–H groups in total. The Morgan fingerprint density at radius 3 is 2.59 bits per heavy atom. The Hall–Kier alpha value is -2.63. The molecule has 1 aliphatic rings. The lowest BCUT2D eigenvalue weighted by atomic mass is 10.1. The highest BCUT2D eigenvalue weighted by molar-refractivity contribution is 5.63. The minimum atomic E-state index is -4.54. The molecule has 2 heterocycles. The largest absolute Gasteiger partial charge is 0.493 e. The van der Waals surface area contributed by atoms with Crippen LogP contribution in [0.25, 0.3) is 11.3 Å². The minimum absolute atomic E-state index is 0.157. The summed E-state index contributed by atoms with van der Waals surface area (Å²) >= 11 is 0. The van der Waals surface area contributed by atoms with Crippen molar-refractivity contribution in [3.05, 3.63) is 47.7 Å². The second kappa shape index (κ2) is 9.25. The van der Waals surface area contributed by atoms with Crippen LogP contribution < -0.4 is 14.5 Å². The number of likely N-dealkylation sites (N-methyl/N-ethyl adjacent to an activating group) is 1. The van der Waals surface area contributed by atoms with Gasteiger partial charge in [-0.05, 0) is 30.3 Å². The Kier molecular flexibility index (Phi) is 6.72. The van der Waals surface area contributed by atoms with E-state index in [1.807, 2.05) is 6.07 Å². The Morgan fingerprint density at radius 2 is 1.90 bits per heavy atom. The fourth-order valence-electron chi connectivity index (χ4n) is 3.48. The number of rotatable bonds is 6. The molecule has 0 aliphatic carbocycles. The van der Waals surface area contributed by atoms with Gasteiger partial charge in [-0.3, -0.25) is 0 Å². The van der Waals surface area contributed by atoms with Gasteiger partial charge in [0, 0.05) is 12.0 Å². The van der Waals surface area contributed by atoms with Crippen LogP contribution >= 0.6 is 0 Å².